The first-order chi connectivity index (χ1) is 14.2. The summed E-state index contributed by atoms with van der Waals surface area (Å²) in [6, 6.07) is 16.5. The van der Waals surface area contributed by atoms with Crippen molar-refractivity contribution in [2.45, 2.75) is 6.92 Å². The van der Waals surface area contributed by atoms with Gasteiger partial charge in [-0.3, -0.25) is 0 Å². The van der Waals surface area contributed by atoms with Gasteiger partial charge in [-0.1, -0.05) is 12.1 Å². The highest BCUT2D eigenvalue weighted by molar-refractivity contribution is 5.57. The van der Waals surface area contributed by atoms with Crippen molar-refractivity contribution in [3.8, 4) is 5.75 Å². The number of halogens is 1. The first kappa shape index (κ1) is 19.0. The van der Waals surface area contributed by atoms with Crippen molar-refractivity contribution in [3.63, 3.8) is 0 Å². The van der Waals surface area contributed by atoms with Crippen LogP contribution in [-0.4, -0.2) is 42.8 Å². The molecule has 150 valence electrons. The van der Waals surface area contributed by atoms with E-state index >= 15 is 0 Å². The molecule has 0 unspecified atom stereocenters. The average molecular weight is 393 g/mol. The number of piperazine rings is 1. The number of nitrogens with zero attached hydrogens (tertiary/aromatic N) is 4. The van der Waals surface area contributed by atoms with Crippen molar-refractivity contribution in [2.24, 2.45) is 0 Å². The third-order valence-corrected chi connectivity index (χ3v) is 4.86. The third-order valence-electron chi connectivity index (χ3n) is 4.86. The molecule has 0 amide bonds. The van der Waals surface area contributed by atoms with E-state index in [2.05, 4.69) is 25.1 Å². The minimum absolute atomic E-state index is 0.176. The fourth-order valence-electron chi connectivity index (χ4n) is 3.40. The summed E-state index contributed by atoms with van der Waals surface area (Å²) >= 11 is 0. The molecule has 0 radical (unpaired) electrons. The lowest BCUT2D eigenvalue weighted by Gasteiger charge is -2.36. The standard InChI is InChI=1S/C22H24FN5O/c1-2-29-18-9-7-17(8-10-18)25-22-24-12-11-21(26-22)28-15-13-27(14-16-28)20-6-4-3-5-19(20)23/h3-12H,2,13-16H2,1H3,(H,24,25,26). The van der Waals surface area contributed by atoms with Crippen LogP contribution in [0.15, 0.2) is 60.8 Å². The summed E-state index contributed by atoms with van der Waals surface area (Å²) in [5, 5.41) is 3.23. The molecular weight excluding hydrogens is 369 g/mol. The Balaban J connectivity index is 1.39. The Bertz CT molecular complexity index is 942. The quantitative estimate of drug-likeness (QED) is 0.681. The van der Waals surface area contributed by atoms with Crippen LogP contribution < -0.4 is 19.9 Å². The normalized spacial score (nSPS) is 14.0. The summed E-state index contributed by atoms with van der Waals surface area (Å²) in [4.78, 5) is 13.2. The lowest BCUT2D eigenvalue weighted by Crippen LogP contribution is -2.47. The zero-order valence-electron chi connectivity index (χ0n) is 16.4. The predicted octanol–water partition coefficient (Wildman–Crippen LogP) is 4.08. The van der Waals surface area contributed by atoms with Crippen LogP contribution in [0.2, 0.25) is 0 Å². The second kappa shape index (κ2) is 8.77. The molecule has 1 N–H and O–H groups in total. The summed E-state index contributed by atoms with van der Waals surface area (Å²) in [5.41, 5.74) is 1.56. The molecule has 1 saturated heterocycles. The summed E-state index contributed by atoms with van der Waals surface area (Å²) in [6.07, 6.45) is 1.75. The van der Waals surface area contributed by atoms with Crippen LogP contribution in [0.25, 0.3) is 0 Å². The minimum Gasteiger partial charge on any atom is -0.494 e. The van der Waals surface area contributed by atoms with Gasteiger partial charge in [-0.25, -0.2) is 9.37 Å². The largest absolute Gasteiger partial charge is 0.494 e. The molecule has 0 bridgehead atoms. The first-order valence-electron chi connectivity index (χ1n) is 9.80. The Morgan fingerprint density at radius 3 is 2.41 bits per heavy atom. The number of benzene rings is 2. The van der Waals surface area contributed by atoms with Crippen LogP contribution in [0.4, 0.5) is 27.5 Å². The Morgan fingerprint density at radius 2 is 1.69 bits per heavy atom. The number of nitrogens with one attached hydrogen (secondary N) is 1. The summed E-state index contributed by atoms with van der Waals surface area (Å²) in [5.74, 6) is 2.06. The van der Waals surface area contributed by atoms with Crippen molar-refractivity contribution in [1.29, 1.82) is 0 Å². The molecule has 3 aromatic rings. The number of hydrogen-bond donors (Lipinski definition) is 1. The topological polar surface area (TPSA) is 53.5 Å². The number of hydrogen-bond acceptors (Lipinski definition) is 6. The molecule has 0 aliphatic carbocycles. The van der Waals surface area contributed by atoms with Crippen LogP contribution in [0.3, 0.4) is 0 Å². The van der Waals surface area contributed by atoms with Gasteiger partial charge in [0, 0.05) is 38.1 Å². The fraction of sp³-hybridized carbons (Fsp3) is 0.273. The Morgan fingerprint density at radius 1 is 0.966 bits per heavy atom. The summed E-state index contributed by atoms with van der Waals surface area (Å²) < 4.78 is 19.5. The van der Waals surface area contributed by atoms with Gasteiger partial charge >= 0.3 is 0 Å². The number of ether oxygens (including phenoxy) is 1. The molecule has 1 fully saturated rings. The number of para-hydroxylation sites is 1. The predicted molar refractivity (Wildman–Crippen MR) is 114 cm³/mol. The smallest absolute Gasteiger partial charge is 0.229 e. The fourth-order valence-corrected chi connectivity index (χ4v) is 3.40. The first-order valence-corrected chi connectivity index (χ1v) is 9.80. The Hall–Kier alpha value is -3.35. The van der Waals surface area contributed by atoms with E-state index in [9.17, 15) is 4.39 Å². The molecule has 2 heterocycles. The van der Waals surface area contributed by atoms with Crippen molar-refractivity contribution in [2.75, 3.05) is 47.9 Å². The molecule has 0 saturated carbocycles. The van der Waals surface area contributed by atoms with E-state index in [4.69, 9.17) is 4.74 Å². The molecule has 29 heavy (non-hydrogen) atoms. The maximum Gasteiger partial charge on any atom is 0.229 e. The van der Waals surface area contributed by atoms with E-state index in [-0.39, 0.29) is 5.82 Å². The van der Waals surface area contributed by atoms with E-state index in [1.54, 1.807) is 12.3 Å². The number of rotatable bonds is 6. The van der Waals surface area contributed by atoms with E-state index in [1.807, 2.05) is 49.4 Å². The second-order valence-electron chi connectivity index (χ2n) is 6.75. The maximum atomic E-state index is 14.0. The van der Waals surface area contributed by atoms with Crippen LogP contribution in [0, 0.1) is 5.82 Å². The van der Waals surface area contributed by atoms with Gasteiger partial charge in [0.05, 0.1) is 12.3 Å². The van der Waals surface area contributed by atoms with Gasteiger partial charge in [0.15, 0.2) is 0 Å². The molecular formula is C22H24FN5O. The van der Waals surface area contributed by atoms with E-state index in [1.165, 1.54) is 6.07 Å². The second-order valence-corrected chi connectivity index (χ2v) is 6.75. The lowest BCUT2D eigenvalue weighted by molar-refractivity contribution is 0.340. The Labute approximate surface area is 170 Å². The monoisotopic (exact) mass is 393 g/mol. The molecule has 2 aromatic carbocycles. The Kier molecular flexibility index (Phi) is 5.74. The van der Waals surface area contributed by atoms with Gasteiger partial charge < -0.3 is 19.9 Å². The van der Waals surface area contributed by atoms with E-state index in [0.29, 0.717) is 18.2 Å². The van der Waals surface area contributed by atoms with Crippen molar-refractivity contribution < 1.29 is 9.13 Å². The lowest BCUT2D eigenvalue weighted by atomic mass is 10.2. The molecule has 6 nitrogen and oxygen atoms in total. The van der Waals surface area contributed by atoms with Crippen molar-refractivity contribution in [3.05, 3.63) is 66.6 Å². The number of anilines is 4. The van der Waals surface area contributed by atoms with Gasteiger partial charge in [0.25, 0.3) is 0 Å². The van der Waals surface area contributed by atoms with Gasteiger partial charge in [0.2, 0.25) is 5.95 Å². The third kappa shape index (κ3) is 4.56. The van der Waals surface area contributed by atoms with Gasteiger partial charge in [-0.2, -0.15) is 4.98 Å². The summed E-state index contributed by atoms with van der Waals surface area (Å²) in [6.45, 7) is 5.63. The highest BCUT2D eigenvalue weighted by Gasteiger charge is 2.20. The van der Waals surface area contributed by atoms with Gasteiger partial charge in [-0.15, -0.1) is 0 Å². The molecule has 0 spiro atoms. The SMILES string of the molecule is CCOc1ccc(Nc2nccc(N3CCN(c4ccccc4F)CC3)n2)cc1. The summed E-state index contributed by atoms with van der Waals surface area (Å²) in [7, 11) is 0. The van der Waals surface area contributed by atoms with E-state index in [0.717, 1.165) is 43.4 Å². The average Bonchev–Trinajstić information content (AvgIpc) is 2.76. The van der Waals surface area contributed by atoms with Gasteiger partial charge in [0.1, 0.15) is 17.4 Å². The van der Waals surface area contributed by atoms with E-state index < -0.39 is 0 Å². The highest BCUT2D eigenvalue weighted by Crippen LogP contribution is 2.23. The molecule has 4 rings (SSSR count). The highest BCUT2D eigenvalue weighted by atomic mass is 19.1. The molecule has 1 aromatic heterocycles. The minimum atomic E-state index is -0.176. The zero-order valence-corrected chi connectivity index (χ0v) is 16.4. The van der Waals surface area contributed by atoms with Crippen LogP contribution in [0.1, 0.15) is 6.92 Å². The molecule has 0 atom stereocenters. The van der Waals surface area contributed by atoms with Crippen LogP contribution in [-0.2, 0) is 0 Å². The van der Waals surface area contributed by atoms with Crippen LogP contribution in [0.5, 0.6) is 5.75 Å². The maximum absolute atomic E-state index is 14.0. The zero-order chi connectivity index (χ0) is 20.1. The van der Waals surface area contributed by atoms with Crippen molar-refractivity contribution >= 4 is 23.1 Å². The molecule has 7 heteroatoms. The number of aromatic nitrogens is 2. The van der Waals surface area contributed by atoms with Gasteiger partial charge in [-0.05, 0) is 49.4 Å². The molecule has 1 aliphatic rings. The van der Waals surface area contributed by atoms with Crippen LogP contribution >= 0.6 is 0 Å². The molecule has 1 aliphatic heterocycles. The van der Waals surface area contributed by atoms with Crippen molar-refractivity contribution in [1.82, 2.24) is 9.97 Å².